The molecule has 1 N–H and O–H groups in total. The van der Waals surface area contributed by atoms with E-state index in [0.29, 0.717) is 18.4 Å². The van der Waals surface area contributed by atoms with Crippen molar-refractivity contribution in [3.8, 4) is 0 Å². The van der Waals surface area contributed by atoms with Crippen LogP contribution in [0, 0.1) is 5.92 Å². The van der Waals surface area contributed by atoms with Crippen LogP contribution in [0.15, 0.2) is 12.2 Å². The summed E-state index contributed by atoms with van der Waals surface area (Å²) in [5, 5.41) is 8.78. The van der Waals surface area contributed by atoms with Crippen molar-refractivity contribution < 1.29 is 5.11 Å². The summed E-state index contributed by atoms with van der Waals surface area (Å²) < 4.78 is 0. The highest BCUT2D eigenvalue weighted by Crippen LogP contribution is 2.19. The highest BCUT2D eigenvalue weighted by atomic mass is 35.5. The van der Waals surface area contributed by atoms with Gasteiger partial charge in [-0.3, -0.25) is 4.90 Å². The van der Waals surface area contributed by atoms with E-state index in [4.69, 9.17) is 16.7 Å². The van der Waals surface area contributed by atoms with E-state index >= 15 is 0 Å². The smallest absolute Gasteiger partial charge is 0.0443 e. The fraction of sp³-hybridized carbons (Fsp3) is 0.800. The lowest BCUT2D eigenvalue weighted by Crippen LogP contribution is -2.23. The minimum Gasteiger partial charge on any atom is -0.396 e. The molecule has 13 heavy (non-hydrogen) atoms. The molecule has 1 heterocycles. The Hall–Kier alpha value is -0.0500. The zero-order valence-electron chi connectivity index (χ0n) is 8.01. The fourth-order valence-electron chi connectivity index (χ4n) is 1.83. The Labute approximate surface area is 85.2 Å². The molecule has 0 aliphatic carbocycles. The maximum absolute atomic E-state index is 8.78. The van der Waals surface area contributed by atoms with Gasteiger partial charge in [0.1, 0.15) is 0 Å². The van der Waals surface area contributed by atoms with Crippen molar-refractivity contribution >= 4 is 11.6 Å². The first-order valence-electron chi connectivity index (χ1n) is 4.82. The molecule has 76 valence electrons. The summed E-state index contributed by atoms with van der Waals surface area (Å²) in [5.74, 6) is 1.23. The quantitative estimate of drug-likeness (QED) is 0.541. The Morgan fingerprint density at radius 2 is 2.38 bits per heavy atom. The molecular weight excluding hydrogens is 186 g/mol. The van der Waals surface area contributed by atoms with Gasteiger partial charge in [-0.05, 0) is 30.9 Å². The number of rotatable bonds is 5. The van der Waals surface area contributed by atoms with E-state index in [-0.39, 0.29) is 0 Å². The molecule has 1 saturated heterocycles. The van der Waals surface area contributed by atoms with Crippen molar-refractivity contribution in [1.29, 1.82) is 0 Å². The van der Waals surface area contributed by atoms with Crippen LogP contribution in [0.1, 0.15) is 12.8 Å². The van der Waals surface area contributed by atoms with Crippen molar-refractivity contribution in [3.05, 3.63) is 12.2 Å². The number of alkyl halides is 1. The molecule has 0 radical (unpaired) electrons. The molecule has 1 aliphatic rings. The highest BCUT2D eigenvalue weighted by molar-refractivity contribution is 6.19. The Morgan fingerprint density at radius 1 is 1.62 bits per heavy atom. The van der Waals surface area contributed by atoms with E-state index in [1.165, 1.54) is 6.42 Å². The molecule has 1 unspecified atom stereocenters. The normalized spacial score (nSPS) is 23.7. The maximum atomic E-state index is 8.78. The van der Waals surface area contributed by atoms with Gasteiger partial charge >= 0.3 is 0 Å². The van der Waals surface area contributed by atoms with Crippen LogP contribution in [-0.4, -0.2) is 42.1 Å². The summed E-state index contributed by atoms with van der Waals surface area (Å²) in [4.78, 5) is 2.37. The van der Waals surface area contributed by atoms with Gasteiger partial charge in [-0.2, -0.15) is 0 Å². The molecule has 3 heteroatoms. The first-order chi connectivity index (χ1) is 6.26. The lowest BCUT2D eigenvalue weighted by Gasteiger charge is -2.16. The van der Waals surface area contributed by atoms with Gasteiger partial charge in [-0.1, -0.05) is 6.58 Å². The van der Waals surface area contributed by atoms with Gasteiger partial charge in [0, 0.05) is 25.6 Å². The van der Waals surface area contributed by atoms with Gasteiger partial charge < -0.3 is 5.11 Å². The van der Waals surface area contributed by atoms with Crippen molar-refractivity contribution in [2.24, 2.45) is 5.92 Å². The van der Waals surface area contributed by atoms with E-state index in [0.717, 1.165) is 31.6 Å². The second-order valence-corrected chi connectivity index (χ2v) is 4.05. The molecular formula is C10H18ClNO. The molecule has 0 aromatic heterocycles. The molecule has 2 nitrogen and oxygen atoms in total. The second-order valence-electron chi connectivity index (χ2n) is 3.79. The summed E-state index contributed by atoms with van der Waals surface area (Å²) in [7, 11) is 0. The zero-order valence-corrected chi connectivity index (χ0v) is 8.76. The van der Waals surface area contributed by atoms with E-state index in [1.54, 1.807) is 0 Å². The van der Waals surface area contributed by atoms with Crippen LogP contribution >= 0.6 is 11.6 Å². The number of likely N-dealkylation sites (tertiary alicyclic amines) is 1. The van der Waals surface area contributed by atoms with Crippen LogP contribution in [0.25, 0.3) is 0 Å². The highest BCUT2D eigenvalue weighted by Gasteiger charge is 2.21. The van der Waals surface area contributed by atoms with Gasteiger partial charge in [-0.25, -0.2) is 0 Å². The third-order valence-electron chi connectivity index (χ3n) is 2.54. The summed E-state index contributed by atoms with van der Waals surface area (Å²) >= 11 is 5.66. The SMILES string of the molecule is C=C(CCl)CN1CCC(CCO)C1. The molecule has 1 fully saturated rings. The molecule has 1 aliphatic heterocycles. The molecule has 1 rings (SSSR count). The summed E-state index contributed by atoms with van der Waals surface area (Å²) in [6, 6.07) is 0. The van der Waals surface area contributed by atoms with Gasteiger partial charge in [0.2, 0.25) is 0 Å². The zero-order chi connectivity index (χ0) is 9.68. The molecule has 0 amide bonds. The standard InChI is InChI=1S/C10H18ClNO/c1-9(6-11)7-12-4-2-10(8-12)3-5-13/h10,13H,1-8H2. The third kappa shape index (κ3) is 3.67. The summed E-state index contributed by atoms with van der Waals surface area (Å²) in [6.45, 7) is 7.34. The number of nitrogens with zero attached hydrogens (tertiary/aromatic N) is 1. The minimum atomic E-state index is 0.314. The molecule has 0 spiro atoms. The Morgan fingerprint density at radius 3 is 3.00 bits per heavy atom. The van der Waals surface area contributed by atoms with E-state index in [9.17, 15) is 0 Å². The Balaban J connectivity index is 2.20. The van der Waals surface area contributed by atoms with Crippen LogP contribution < -0.4 is 0 Å². The molecule has 0 saturated carbocycles. The average Bonchev–Trinajstić information content (AvgIpc) is 2.53. The van der Waals surface area contributed by atoms with Crippen molar-refractivity contribution in [2.75, 3.05) is 32.1 Å². The molecule has 0 aromatic rings. The Bertz CT molecular complexity index is 172. The second kappa shape index (κ2) is 5.63. The maximum Gasteiger partial charge on any atom is 0.0443 e. The van der Waals surface area contributed by atoms with Crippen LogP contribution in [0.2, 0.25) is 0 Å². The van der Waals surface area contributed by atoms with Crippen molar-refractivity contribution in [3.63, 3.8) is 0 Å². The van der Waals surface area contributed by atoms with Gasteiger partial charge in [0.05, 0.1) is 0 Å². The number of aliphatic hydroxyl groups excluding tert-OH is 1. The topological polar surface area (TPSA) is 23.5 Å². The first kappa shape index (κ1) is 11.0. The van der Waals surface area contributed by atoms with Crippen molar-refractivity contribution in [2.45, 2.75) is 12.8 Å². The predicted molar refractivity (Wildman–Crippen MR) is 56.1 cm³/mol. The van der Waals surface area contributed by atoms with E-state index < -0.39 is 0 Å². The first-order valence-corrected chi connectivity index (χ1v) is 5.35. The average molecular weight is 204 g/mol. The third-order valence-corrected chi connectivity index (χ3v) is 2.92. The Kier molecular flexibility index (Phi) is 4.78. The van der Waals surface area contributed by atoms with Gasteiger partial charge in [0.25, 0.3) is 0 Å². The number of aliphatic hydroxyl groups is 1. The molecule has 0 aromatic carbocycles. The lowest BCUT2D eigenvalue weighted by molar-refractivity contribution is 0.253. The molecule has 1 atom stereocenters. The lowest BCUT2D eigenvalue weighted by atomic mass is 10.1. The van der Waals surface area contributed by atoms with Crippen molar-refractivity contribution in [1.82, 2.24) is 4.90 Å². The van der Waals surface area contributed by atoms with E-state index in [2.05, 4.69) is 11.5 Å². The van der Waals surface area contributed by atoms with Gasteiger partial charge in [0.15, 0.2) is 0 Å². The number of hydrogen-bond donors (Lipinski definition) is 1. The van der Waals surface area contributed by atoms with Crippen LogP contribution in [0.4, 0.5) is 0 Å². The monoisotopic (exact) mass is 203 g/mol. The fourth-order valence-corrected chi connectivity index (χ4v) is 1.92. The van der Waals surface area contributed by atoms with Crippen LogP contribution in [0.3, 0.4) is 0 Å². The van der Waals surface area contributed by atoms with E-state index in [1.807, 2.05) is 0 Å². The molecule has 0 bridgehead atoms. The largest absolute Gasteiger partial charge is 0.396 e. The summed E-state index contributed by atoms with van der Waals surface area (Å²) in [5.41, 5.74) is 1.09. The summed E-state index contributed by atoms with van der Waals surface area (Å²) in [6.07, 6.45) is 2.14. The minimum absolute atomic E-state index is 0.314. The van der Waals surface area contributed by atoms with Crippen LogP contribution in [-0.2, 0) is 0 Å². The van der Waals surface area contributed by atoms with Gasteiger partial charge in [-0.15, -0.1) is 11.6 Å². The number of hydrogen-bond acceptors (Lipinski definition) is 2. The number of halogens is 1. The predicted octanol–water partition coefficient (Wildman–Crippen LogP) is 1.49. The van der Waals surface area contributed by atoms with Crippen LogP contribution in [0.5, 0.6) is 0 Å².